The van der Waals surface area contributed by atoms with E-state index in [0.717, 1.165) is 16.7 Å². The molecule has 0 aliphatic carbocycles. The molecule has 2 unspecified atom stereocenters. The Morgan fingerprint density at radius 2 is 1.75 bits per heavy atom. The molecule has 1 aliphatic rings. The molecule has 24 heavy (non-hydrogen) atoms. The zero-order valence-corrected chi connectivity index (χ0v) is 14.6. The van der Waals surface area contributed by atoms with E-state index >= 15 is 0 Å². The van der Waals surface area contributed by atoms with Crippen LogP contribution in [-0.4, -0.2) is 11.1 Å². The minimum Gasteiger partial charge on any atom is -0.478 e. The first-order valence-corrected chi connectivity index (χ1v) is 8.42. The Labute approximate surface area is 150 Å². The summed E-state index contributed by atoms with van der Waals surface area (Å²) in [7, 11) is 0. The van der Waals surface area contributed by atoms with Gasteiger partial charge in [0.05, 0.1) is 21.7 Å². The largest absolute Gasteiger partial charge is 0.478 e. The molecular weight excluding hydrogens is 345 g/mol. The van der Waals surface area contributed by atoms with Crippen molar-refractivity contribution in [1.82, 2.24) is 5.32 Å². The molecule has 2 aromatic rings. The molecule has 0 saturated carbocycles. The number of carbonyl (C=O) groups is 1. The van der Waals surface area contributed by atoms with Crippen LogP contribution in [-0.2, 0) is 4.79 Å². The highest BCUT2D eigenvalue weighted by molar-refractivity contribution is 6.42. The number of aliphatic carboxylic acids is 1. The summed E-state index contributed by atoms with van der Waals surface area (Å²) in [6.07, 6.45) is 2.37. The minimum absolute atomic E-state index is 0.0193. The van der Waals surface area contributed by atoms with E-state index in [-0.39, 0.29) is 12.1 Å². The Morgan fingerprint density at radius 3 is 2.38 bits per heavy atom. The van der Waals surface area contributed by atoms with Gasteiger partial charge in [0.15, 0.2) is 0 Å². The van der Waals surface area contributed by atoms with Gasteiger partial charge in [0.25, 0.3) is 0 Å². The molecule has 2 aromatic carbocycles. The number of aryl methyl sites for hydroxylation is 1. The van der Waals surface area contributed by atoms with Gasteiger partial charge in [0.1, 0.15) is 0 Å². The zero-order valence-electron chi connectivity index (χ0n) is 13.1. The Kier molecular flexibility index (Phi) is 4.95. The lowest BCUT2D eigenvalue weighted by Crippen LogP contribution is -2.33. The Morgan fingerprint density at radius 1 is 1.08 bits per heavy atom. The highest BCUT2D eigenvalue weighted by Gasteiger charge is 2.29. The Hall–Kier alpha value is -1.81. The van der Waals surface area contributed by atoms with Crippen molar-refractivity contribution >= 4 is 29.2 Å². The zero-order chi connectivity index (χ0) is 17.3. The van der Waals surface area contributed by atoms with E-state index in [2.05, 4.69) is 5.32 Å². The second-order valence-corrected chi connectivity index (χ2v) is 6.75. The average Bonchev–Trinajstić information content (AvgIpc) is 2.57. The van der Waals surface area contributed by atoms with Crippen LogP contribution in [0, 0.1) is 6.92 Å². The third-order valence-corrected chi connectivity index (χ3v) is 5.00. The lowest BCUT2D eigenvalue weighted by Gasteiger charge is -2.31. The lowest BCUT2D eigenvalue weighted by atomic mass is 9.89. The third kappa shape index (κ3) is 3.48. The molecule has 0 amide bonds. The third-order valence-electron chi connectivity index (χ3n) is 4.26. The maximum atomic E-state index is 11.6. The van der Waals surface area contributed by atoms with Crippen LogP contribution in [0.3, 0.4) is 0 Å². The summed E-state index contributed by atoms with van der Waals surface area (Å²) in [5, 5.41) is 14.0. The predicted octanol–water partition coefficient (Wildman–Crippen LogP) is 5.09. The maximum Gasteiger partial charge on any atom is 0.333 e. The van der Waals surface area contributed by atoms with Gasteiger partial charge >= 0.3 is 5.97 Å². The first kappa shape index (κ1) is 17.0. The number of hydrogen-bond acceptors (Lipinski definition) is 2. The van der Waals surface area contributed by atoms with E-state index in [0.29, 0.717) is 22.0 Å². The van der Waals surface area contributed by atoms with E-state index in [9.17, 15) is 9.90 Å². The molecule has 3 rings (SSSR count). The molecule has 2 atom stereocenters. The molecular formula is C19H17Cl2NO2. The van der Waals surface area contributed by atoms with Crippen LogP contribution < -0.4 is 5.32 Å². The Balaban J connectivity index is 1.95. The molecule has 0 bridgehead atoms. The van der Waals surface area contributed by atoms with Crippen molar-refractivity contribution in [3.63, 3.8) is 0 Å². The van der Waals surface area contributed by atoms with Gasteiger partial charge in [-0.3, -0.25) is 5.32 Å². The molecule has 124 valence electrons. The first-order chi connectivity index (χ1) is 11.5. The number of carboxylic acid groups (broad SMARTS) is 1. The molecule has 3 nitrogen and oxygen atoms in total. The molecule has 0 spiro atoms. The number of rotatable bonds is 3. The van der Waals surface area contributed by atoms with E-state index in [1.54, 1.807) is 12.1 Å². The van der Waals surface area contributed by atoms with Crippen LogP contribution in [0.1, 0.15) is 35.2 Å². The Bertz CT molecular complexity index is 800. The van der Waals surface area contributed by atoms with Crippen LogP contribution in [0.15, 0.2) is 54.1 Å². The summed E-state index contributed by atoms with van der Waals surface area (Å²) in [6, 6.07) is 13.0. The van der Waals surface area contributed by atoms with Crippen molar-refractivity contribution in [2.45, 2.75) is 25.4 Å². The van der Waals surface area contributed by atoms with Gasteiger partial charge in [0, 0.05) is 6.04 Å². The first-order valence-electron chi connectivity index (χ1n) is 7.66. The highest BCUT2D eigenvalue weighted by atomic mass is 35.5. The number of carboxylic acids is 1. The summed E-state index contributed by atoms with van der Waals surface area (Å²) in [6.45, 7) is 2.00. The van der Waals surface area contributed by atoms with Gasteiger partial charge in [0.2, 0.25) is 0 Å². The highest BCUT2D eigenvalue weighted by Crippen LogP contribution is 2.35. The van der Waals surface area contributed by atoms with Crippen molar-refractivity contribution in [2.24, 2.45) is 0 Å². The summed E-state index contributed by atoms with van der Waals surface area (Å²) < 4.78 is 0. The topological polar surface area (TPSA) is 49.3 Å². The SMILES string of the molecule is Cc1ccc(C2NC(c3ccc(Cl)c(Cl)c3)CC=C2C(=O)O)cc1. The molecule has 0 aromatic heterocycles. The van der Waals surface area contributed by atoms with Crippen LogP contribution in [0.4, 0.5) is 0 Å². The molecule has 1 aliphatic heterocycles. The molecule has 0 fully saturated rings. The normalized spacial score (nSPS) is 20.5. The van der Waals surface area contributed by atoms with Crippen molar-refractivity contribution in [1.29, 1.82) is 0 Å². The van der Waals surface area contributed by atoms with Crippen LogP contribution >= 0.6 is 23.2 Å². The summed E-state index contributed by atoms with van der Waals surface area (Å²) in [5.41, 5.74) is 3.42. The summed E-state index contributed by atoms with van der Waals surface area (Å²) in [5.74, 6) is -0.902. The van der Waals surface area contributed by atoms with E-state index < -0.39 is 5.97 Å². The standard InChI is InChI=1S/C19H17Cl2NO2/c1-11-2-4-12(5-3-11)18-14(19(23)24)7-9-17(22-18)13-6-8-15(20)16(21)10-13/h2-8,10,17-18,22H,9H2,1H3,(H,23,24). The van der Waals surface area contributed by atoms with E-state index in [1.807, 2.05) is 43.3 Å². The summed E-state index contributed by atoms with van der Waals surface area (Å²) in [4.78, 5) is 11.6. The van der Waals surface area contributed by atoms with Crippen LogP contribution in [0.5, 0.6) is 0 Å². The molecule has 2 N–H and O–H groups in total. The number of halogens is 2. The van der Waals surface area contributed by atoms with Gasteiger partial charge < -0.3 is 5.11 Å². The van der Waals surface area contributed by atoms with Crippen molar-refractivity contribution in [2.75, 3.05) is 0 Å². The lowest BCUT2D eigenvalue weighted by molar-refractivity contribution is -0.133. The molecule has 1 heterocycles. The second-order valence-electron chi connectivity index (χ2n) is 5.94. The number of nitrogens with one attached hydrogen (secondary N) is 1. The number of hydrogen-bond donors (Lipinski definition) is 2. The van der Waals surface area contributed by atoms with Gasteiger partial charge in [-0.05, 0) is 36.6 Å². The maximum absolute atomic E-state index is 11.6. The van der Waals surface area contributed by atoms with Crippen molar-refractivity contribution < 1.29 is 9.90 Å². The number of benzene rings is 2. The van der Waals surface area contributed by atoms with Crippen LogP contribution in [0.25, 0.3) is 0 Å². The van der Waals surface area contributed by atoms with Gasteiger partial charge in [-0.2, -0.15) is 0 Å². The van der Waals surface area contributed by atoms with Gasteiger partial charge in [-0.25, -0.2) is 4.79 Å². The van der Waals surface area contributed by atoms with E-state index in [1.165, 1.54) is 0 Å². The minimum atomic E-state index is -0.902. The summed E-state index contributed by atoms with van der Waals surface area (Å²) >= 11 is 12.1. The second kappa shape index (κ2) is 6.98. The smallest absolute Gasteiger partial charge is 0.333 e. The average molecular weight is 362 g/mol. The fourth-order valence-electron chi connectivity index (χ4n) is 2.93. The fourth-order valence-corrected chi connectivity index (χ4v) is 3.24. The van der Waals surface area contributed by atoms with Crippen molar-refractivity contribution in [3.05, 3.63) is 80.8 Å². The predicted molar refractivity (Wildman–Crippen MR) is 96.6 cm³/mol. The van der Waals surface area contributed by atoms with Gasteiger partial charge in [-0.15, -0.1) is 0 Å². The molecule has 0 radical (unpaired) electrons. The van der Waals surface area contributed by atoms with Crippen molar-refractivity contribution in [3.8, 4) is 0 Å². The fraction of sp³-hybridized carbons (Fsp3) is 0.211. The van der Waals surface area contributed by atoms with Crippen LogP contribution in [0.2, 0.25) is 10.0 Å². The quantitative estimate of drug-likeness (QED) is 0.800. The van der Waals surface area contributed by atoms with Gasteiger partial charge in [-0.1, -0.05) is 65.2 Å². The monoisotopic (exact) mass is 361 g/mol. The molecule has 5 heteroatoms. The molecule has 0 saturated heterocycles. The van der Waals surface area contributed by atoms with E-state index in [4.69, 9.17) is 23.2 Å².